The largest absolute Gasteiger partial charge is 0.240 e. The van der Waals surface area contributed by atoms with E-state index in [2.05, 4.69) is 57.5 Å². The zero-order valence-corrected chi connectivity index (χ0v) is 10.2. The first-order chi connectivity index (χ1) is 6.79. The summed E-state index contributed by atoms with van der Waals surface area (Å²) in [6.45, 7) is 2.10. The Morgan fingerprint density at radius 3 is 2.93 bits per heavy atom. The number of halogens is 1. The summed E-state index contributed by atoms with van der Waals surface area (Å²) in [6.07, 6.45) is 0. The van der Waals surface area contributed by atoms with Gasteiger partial charge in [-0.15, -0.1) is 11.3 Å². The molecule has 0 unspecified atom stereocenters. The topological polar surface area (TPSA) is 12.9 Å². The average molecular weight is 268 g/mol. The minimum Gasteiger partial charge on any atom is -0.240 e. The zero-order valence-electron chi connectivity index (χ0n) is 7.83. The van der Waals surface area contributed by atoms with Gasteiger partial charge in [0.1, 0.15) is 5.01 Å². The molecule has 0 atom stereocenters. The minimum absolute atomic E-state index is 0.837. The molecule has 1 heterocycles. The molecule has 1 nitrogen and oxygen atoms in total. The van der Waals surface area contributed by atoms with Crippen molar-refractivity contribution in [2.24, 2.45) is 0 Å². The first kappa shape index (κ1) is 9.87. The van der Waals surface area contributed by atoms with Crippen LogP contribution in [-0.4, -0.2) is 4.98 Å². The molecule has 72 valence electrons. The van der Waals surface area contributed by atoms with E-state index >= 15 is 0 Å². The van der Waals surface area contributed by atoms with E-state index in [4.69, 9.17) is 0 Å². The number of benzene rings is 1. The lowest BCUT2D eigenvalue weighted by Gasteiger charge is -1.97. The van der Waals surface area contributed by atoms with Crippen LogP contribution in [0.3, 0.4) is 0 Å². The quantitative estimate of drug-likeness (QED) is 0.750. The van der Waals surface area contributed by atoms with E-state index in [0.717, 1.165) is 16.0 Å². The molecule has 14 heavy (non-hydrogen) atoms. The number of hydrogen-bond donors (Lipinski definition) is 0. The lowest BCUT2D eigenvalue weighted by molar-refractivity contribution is 1.28. The highest BCUT2D eigenvalue weighted by Gasteiger charge is 2.02. The predicted molar refractivity (Wildman–Crippen MR) is 64.9 cm³/mol. The van der Waals surface area contributed by atoms with Gasteiger partial charge in [-0.1, -0.05) is 39.7 Å². The third-order valence-electron chi connectivity index (χ3n) is 1.98. The van der Waals surface area contributed by atoms with Crippen LogP contribution in [-0.2, 0) is 5.33 Å². The van der Waals surface area contributed by atoms with Gasteiger partial charge in [0.15, 0.2) is 0 Å². The Bertz CT molecular complexity index is 436. The van der Waals surface area contributed by atoms with Crippen molar-refractivity contribution in [2.45, 2.75) is 12.3 Å². The van der Waals surface area contributed by atoms with Crippen molar-refractivity contribution < 1.29 is 0 Å². The Morgan fingerprint density at radius 1 is 1.43 bits per heavy atom. The third kappa shape index (κ3) is 2.04. The summed E-state index contributed by atoms with van der Waals surface area (Å²) in [6, 6.07) is 8.42. The van der Waals surface area contributed by atoms with Crippen molar-refractivity contribution in [2.75, 3.05) is 0 Å². The molecule has 0 amide bonds. The highest BCUT2D eigenvalue weighted by molar-refractivity contribution is 9.08. The number of thiazole rings is 1. The Kier molecular flexibility index (Phi) is 2.99. The molecule has 0 radical (unpaired) electrons. The van der Waals surface area contributed by atoms with Crippen LogP contribution < -0.4 is 0 Å². The molecule has 0 saturated carbocycles. The molecule has 0 bridgehead atoms. The number of hydrogen-bond acceptors (Lipinski definition) is 2. The predicted octanol–water partition coefficient (Wildman–Crippen LogP) is 4.01. The lowest BCUT2D eigenvalue weighted by Crippen LogP contribution is -1.80. The summed E-state index contributed by atoms with van der Waals surface area (Å²) in [5, 5.41) is 4.07. The number of nitrogens with zero attached hydrogens (tertiary/aromatic N) is 1. The standard InChI is InChI=1S/C11H10BrNS/c1-8-3-2-4-9(5-8)10-7-14-11(6-12)13-10/h2-5,7H,6H2,1H3. The summed E-state index contributed by atoms with van der Waals surface area (Å²) < 4.78 is 0. The molecule has 3 heteroatoms. The van der Waals surface area contributed by atoms with Crippen molar-refractivity contribution >= 4 is 27.3 Å². The molecule has 0 N–H and O–H groups in total. The Morgan fingerprint density at radius 2 is 2.29 bits per heavy atom. The van der Waals surface area contributed by atoms with Crippen LogP contribution in [0.1, 0.15) is 10.6 Å². The number of aromatic nitrogens is 1. The van der Waals surface area contributed by atoms with Crippen LogP contribution in [0.4, 0.5) is 0 Å². The van der Waals surface area contributed by atoms with E-state index in [-0.39, 0.29) is 0 Å². The van der Waals surface area contributed by atoms with E-state index in [1.54, 1.807) is 11.3 Å². The third-order valence-corrected chi connectivity index (χ3v) is 3.73. The highest BCUT2D eigenvalue weighted by atomic mass is 79.9. The monoisotopic (exact) mass is 267 g/mol. The van der Waals surface area contributed by atoms with Crippen LogP contribution in [0.25, 0.3) is 11.3 Å². The highest BCUT2D eigenvalue weighted by Crippen LogP contribution is 2.23. The van der Waals surface area contributed by atoms with Crippen LogP contribution >= 0.6 is 27.3 Å². The molecular weight excluding hydrogens is 258 g/mol. The van der Waals surface area contributed by atoms with Gasteiger partial charge in [0, 0.05) is 10.9 Å². The maximum atomic E-state index is 4.51. The number of alkyl halides is 1. The normalized spacial score (nSPS) is 10.4. The fourth-order valence-corrected chi connectivity index (χ4v) is 2.48. The van der Waals surface area contributed by atoms with Crippen LogP contribution in [0, 0.1) is 6.92 Å². The first-order valence-corrected chi connectivity index (χ1v) is 6.37. The average Bonchev–Trinajstić information content (AvgIpc) is 2.66. The van der Waals surface area contributed by atoms with Crippen molar-refractivity contribution in [3.05, 3.63) is 40.2 Å². The zero-order chi connectivity index (χ0) is 9.97. The molecule has 0 spiro atoms. The van der Waals surface area contributed by atoms with Crippen molar-refractivity contribution in [1.82, 2.24) is 4.98 Å². The van der Waals surface area contributed by atoms with Crippen molar-refractivity contribution in [3.63, 3.8) is 0 Å². The second kappa shape index (κ2) is 4.24. The van der Waals surface area contributed by atoms with E-state index < -0.39 is 0 Å². The van der Waals surface area contributed by atoms with Crippen molar-refractivity contribution in [1.29, 1.82) is 0 Å². The molecule has 2 rings (SSSR count). The fraction of sp³-hybridized carbons (Fsp3) is 0.182. The van der Waals surface area contributed by atoms with Gasteiger partial charge in [-0.3, -0.25) is 0 Å². The van der Waals surface area contributed by atoms with Gasteiger partial charge in [0.05, 0.1) is 11.0 Å². The molecule has 2 aromatic rings. The van der Waals surface area contributed by atoms with Gasteiger partial charge in [-0.25, -0.2) is 4.98 Å². The molecule has 1 aromatic carbocycles. The molecule has 1 aromatic heterocycles. The van der Waals surface area contributed by atoms with Gasteiger partial charge in [-0.2, -0.15) is 0 Å². The molecule has 0 fully saturated rings. The molecule has 0 aliphatic carbocycles. The first-order valence-electron chi connectivity index (χ1n) is 4.37. The van der Waals surface area contributed by atoms with E-state index in [1.165, 1.54) is 11.1 Å². The maximum Gasteiger partial charge on any atom is 0.104 e. The summed E-state index contributed by atoms with van der Waals surface area (Å²) in [5.41, 5.74) is 3.55. The number of aryl methyl sites for hydroxylation is 1. The molecule has 0 saturated heterocycles. The van der Waals surface area contributed by atoms with Crippen molar-refractivity contribution in [3.8, 4) is 11.3 Å². The van der Waals surface area contributed by atoms with Gasteiger partial charge >= 0.3 is 0 Å². The number of rotatable bonds is 2. The Labute approximate surface area is 95.9 Å². The van der Waals surface area contributed by atoms with Gasteiger partial charge in [-0.05, 0) is 13.0 Å². The fourth-order valence-electron chi connectivity index (χ4n) is 1.31. The van der Waals surface area contributed by atoms with E-state index in [0.29, 0.717) is 0 Å². The molecule has 0 aliphatic rings. The van der Waals surface area contributed by atoms with Gasteiger partial charge < -0.3 is 0 Å². The smallest absolute Gasteiger partial charge is 0.104 e. The summed E-state index contributed by atoms with van der Waals surface area (Å²) in [7, 11) is 0. The van der Waals surface area contributed by atoms with E-state index in [1.807, 2.05) is 0 Å². The Hall–Kier alpha value is -0.670. The van der Waals surface area contributed by atoms with Crippen LogP contribution in [0.2, 0.25) is 0 Å². The van der Waals surface area contributed by atoms with Crippen LogP contribution in [0.15, 0.2) is 29.6 Å². The second-order valence-corrected chi connectivity index (χ2v) is 4.63. The second-order valence-electron chi connectivity index (χ2n) is 3.13. The molecular formula is C11H10BrNS. The summed E-state index contributed by atoms with van der Waals surface area (Å²) >= 11 is 5.10. The minimum atomic E-state index is 0.837. The Balaban J connectivity index is 2.39. The SMILES string of the molecule is Cc1cccc(-c2csc(CBr)n2)c1. The summed E-state index contributed by atoms with van der Waals surface area (Å²) in [4.78, 5) is 4.51. The van der Waals surface area contributed by atoms with E-state index in [9.17, 15) is 0 Å². The van der Waals surface area contributed by atoms with Gasteiger partial charge in [0.2, 0.25) is 0 Å². The van der Waals surface area contributed by atoms with Crippen LogP contribution in [0.5, 0.6) is 0 Å². The lowest BCUT2D eigenvalue weighted by atomic mass is 10.1. The molecule has 0 aliphatic heterocycles. The van der Waals surface area contributed by atoms with Gasteiger partial charge in [0.25, 0.3) is 0 Å². The summed E-state index contributed by atoms with van der Waals surface area (Å²) in [5.74, 6) is 0. The maximum absolute atomic E-state index is 4.51.